The SMILES string of the molecule is COc1cccc(C(=O)COC(=O)c2ccc(S(=O)(=O)N(C)c3ccccc3)cc2)c1. The lowest BCUT2D eigenvalue weighted by atomic mass is 10.1. The molecule has 0 aromatic heterocycles. The summed E-state index contributed by atoms with van der Waals surface area (Å²) in [5.41, 5.74) is 1.01. The molecular weight excluding hydrogens is 418 g/mol. The van der Waals surface area contributed by atoms with E-state index in [1.54, 1.807) is 54.6 Å². The Labute approximate surface area is 180 Å². The van der Waals surface area contributed by atoms with Crippen LogP contribution in [0.25, 0.3) is 0 Å². The Bertz CT molecular complexity index is 1170. The molecule has 0 N–H and O–H groups in total. The summed E-state index contributed by atoms with van der Waals surface area (Å²) in [4.78, 5) is 24.5. The zero-order valence-corrected chi connectivity index (χ0v) is 17.8. The summed E-state index contributed by atoms with van der Waals surface area (Å²) in [5.74, 6) is -0.581. The van der Waals surface area contributed by atoms with Crippen molar-refractivity contribution in [2.45, 2.75) is 4.90 Å². The van der Waals surface area contributed by atoms with Gasteiger partial charge in [-0.1, -0.05) is 30.3 Å². The number of para-hydroxylation sites is 1. The number of rotatable bonds is 8. The van der Waals surface area contributed by atoms with Gasteiger partial charge in [0, 0.05) is 12.6 Å². The maximum Gasteiger partial charge on any atom is 0.338 e. The van der Waals surface area contributed by atoms with Crippen LogP contribution in [0.5, 0.6) is 5.75 Å². The maximum atomic E-state index is 12.8. The fourth-order valence-electron chi connectivity index (χ4n) is 2.79. The fraction of sp³-hybridized carbons (Fsp3) is 0.130. The average molecular weight is 439 g/mol. The van der Waals surface area contributed by atoms with Crippen LogP contribution in [0.3, 0.4) is 0 Å². The minimum Gasteiger partial charge on any atom is -0.497 e. The molecule has 0 atom stereocenters. The van der Waals surface area contributed by atoms with E-state index in [0.717, 1.165) is 4.31 Å². The van der Waals surface area contributed by atoms with Crippen molar-refractivity contribution < 1.29 is 27.5 Å². The van der Waals surface area contributed by atoms with Crippen LogP contribution >= 0.6 is 0 Å². The van der Waals surface area contributed by atoms with Gasteiger partial charge >= 0.3 is 5.97 Å². The molecule has 0 aliphatic carbocycles. The number of benzene rings is 3. The molecular formula is C23H21NO6S. The predicted octanol–water partition coefficient (Wildman–Crippen LogP) is 3.56. The molecule has 0 amide bonds. The Morgan fingerprint density at radius 1 is 0.871 bits per heavy atom. The molecule has 0 saturated heterocycles. The van der Waals surface area contributed by atoms with Crippen molar-refractivity contribution in [1.82, 2.24) is 0 Å². The predicted molar refractivity (Wildman–Crippen MR) is 116 cm³/mol. The lowest BCUT2D eigenvalue weighted by molar-refractivity contribution is 0.0474. The quantitative estimate of drug-likeness (QED) is 0.394. The number of carbonyl (C=O) groups excluding carboxylic acids is 2. The second-order valence-electron chi connectivity index (χ2n) is 6.56. The number of hydrogen-bond acceptors (Lipinski definition) is 6. The van der Waals surface area contributed by atoms with Crippen LogP contribution in [0, 0.1) is 0 Å². The Morgan fingerprint density at radius 2 is 1.55 bits per heavy atom. The van der Waals surface area contributed by atoms with Crippen molar-refractivity contribution in [2.24, 2.45) is 0 Å². The second kappa shape index (κ2) is 9.44. The van der Waals surface area contributed by atoms with E-state index in [1.165, 1.54) is 38.4 Å². The molecule has 3 aromatic carbocycles. The van der Waals surface area contributed by atoms with Crippen molar-refractivity contribution in [3.63, 3.8) is 0 Å². The van der Waals surface area contributed by atoms with Crippen molar-refractivity contribution in [3.05, 3.63) is 90.0 Å². The van der Waals surface area contributed by atoms with Gasteiger partial charge in [-0.3, -0.25) is 9.10 Å². The van der Waals surface area contributed by atoms with E-state index in [4.69, 9.17) is 9.47 Å². The highest BCUT2D eigenvalue weighted by Crippen LogP contribution is 2.22. The smallest absolute Gasteiger partial charge is 0.338 e. The number of anilines is 1. The van der Waals surface area contributed by atoms with Crippen LogP contribution in [0.2, 0.25) is 0 Å². The largest absolute Gasteiger partial charge is 0.497 e. The first-order valence-corrected chi connectivity index (χ1v) is 10.8. The van der Waals surface area contributed by atoms with Crippen LogP contribution in [0.15, 0.2) is 83.8 Å². The number of sulfonamides is 1. The van der Waals surface area contributed by atoms with Gasteiger partial charge in [-0.25, -0.2) is 13.2 Å². The Balaban J connectivity index is 1.66. The lowest BCUT2D eigenvalue weighted by Gasteiger charge is -2.19. The van der Waals surface area contributed by atoms with E-state index < -0.39 is 22.6 Å². The normalized spacial score (nSPS) is 10.9. The molecule has 0 saturated carbocycles. The minimum absolute atomic E-state index is 0.0304. The number of carbonyl (C=O) groups is 2. The molecule has 0 bridgehead atoms. The van der Waals surface area contributed by atoms with E-state index in [0.29, 0.717) is 17.0 Å². The Morgan fingerprint density at radius 3 is 2.19 bits per heavy atom. The van der Waals surface area contributed by atoms with E-state index in [2.05, 4.69) is 0 Å². The third kappa shape index (κ3) is 5.10. The first kappa shape index (κ1) is 22.0. The minimum atomic E-state index is -3.79. The van der Waals surface area contributed by atoms with Gasteiger partial charge in [-0.05, 0) is 48.5 Å². The number of Topliss-reactive ketones (excluding diaryl/α,β-unsaturated/α-hetero) is 1. The highest BCUT2D eigenvalue weighted by Gasteiger charge is 2.22. The van der Waals surface area contributed by atoms with Crippen molar-refractivity contribution in [2.75, 3.05) is 25.1 Å². The third-order valence-electron chi connectivity index (χ3n) is 4.59. The maximum absolute atomic E-state index is 12.8. The molecule has 3 aromatic rings. The molecule has 160 valence electrons. The molecule has 0 radical (unpaired) electrons. The fourth-order valence-corrected chi connectivity index (χ4v) is 3.99. The Kier molecular flexibility index (Phi) is 6.71. The van der Waals surface area contributed by atoms with Gasteiger partial charge in [0.1, 0.15) is 5.75 Å². The molecule has 0 unspecified atom stereocenters. The topological polar surface area (TPSA) is 90.0 Å². The summed E-state index contributed by atoms with van der Waals surface area (Å²) < 4.78 is 36.9. The zero-order valence-electron chi connectivity index (χ0n) is 17.0. The third-order valence-corrected chi connectivity index (χ3v) is 6.39. The number of hydrogen-bond donors (Lipinski definition) is 0. The van der Waals surface area contributed by atoms with Gasteiger partial charge in [0.25, 0.3) is 10.0 Å². The molecule has 0 spiro atoms. The number of nitrogens with zero attached hydrogens (tertiary/aromatic N) is 1. The standard InChI is InChI=1S/C23H21NO6S/c1-24(19-8-4-3-5-9-19)31(27,28)21-13-11-17(12-14-21)23(26)30-16-22(25)18-7-6-10-20(15-18)29-2/h3-15H,16H2,1-2H3. The molecule has 0 fully saturated rings. The van der Waals surface area contributed by atoms with Crippen LogP contribution in [-0.2, 0) is 14.8 Å². The molecule has 3 rings (SSSR count). The summed E-state index contributed by atoms with van der Waals surface area (Å²) in [6, 6.07) is 20.5. The van der Waals surface area contributed by atoms with Crippen molar-refractivity contribution in [3.8, 4) is 5.75 Å². The van der Waals surface area contributed by atoms with Gasteiger partial charge in [0.15, 0.2) is 12.4 Å². The van der Waals surface area contributed by atoms with Gasteiger partial charge in [0.2, 0.25) is 0 Å². The molecule has 0 heterocycles. The molecule has 0 aliphatic heterocycles. The van der Waals surface area contributed by atoms with Gasteiger partial charge in [0.05, 0.1) is 23.3 Å². The van der Waals surface area contributed by atoms with Crippen LogP contribution < -0.4 is 9.04 Å². The lowest BCUT2D eigenvalue weighted by Crippen LogP contribution is -2.26. The Hall–Kier alpha value is -3.65. The van der Waals surface area contributed by atoms with Gasteiger partial charge in [-0.2, -0.15) is 0 Å². The number of esters is 1. The highest BCUT2D eigenvalue weighted by molar-refractivity contribution is 7.92. The number of ether oxygens (including phenoxy) is 2. The highest BCUT2D eigenvalue weighted by atomic mass is 32.2. The van der Waals surface area contributed by atoms with E-state index in [9.17, 15) is 18.0 Å². The average Bonchev–Trinajstić information content (AvgIpc) is 2.82. The molecule has 7 nitrogen and oxygen atoms in total. The number of methoxy groups -OCH3 is 1. The van der Waals surface area contributed by atoms with Crippen LogP contribution in [0.1, 0.15) is 20.7 Å². The van der Waals surface area contributed by atoms with Crippen LogP contribution in [0.4, 0.5) is 5.69 Å². The van der Waals surface area contributed by atoms with Crippen molar-refractivity contribution >= 4 is 27.5 Å². The van der Waals surface area contributed by atoms with Crippen LogP contribution in [-0.4, -0.2) is 40.9 Å². The second-order valence-corrected chi connectivity index (χ2v) is 8.53. The van der Waals surface area contributed by atoms with E-state index in [1.807, 2.05) is 0 Å². The van der Waals surface area contributed by atoms with Gasteiger partial charge in [-0.15, -0.1) is 0 Å². The monoisotopic (exact) mass is 439 g/mol. The molecule has 8 heteroatoms. The first-order chi connectivity index (χ1) is 14.8. The first-order valence-electron chi connectivity index (χ1n) is 9.31. The van der Waals surface area contributed by atoms with E-state index >= 15 is 0 Å². The summed E-state index contributed by atoms with van der Waals surface area (Å²) >= 11 is 0. The summed E-state index contributed by atoms with van der Waals surface area (Å²) in [6.07, 6.45) is 0. The summed E-state index contributed by atoms with van der Waals surface area (Å²) in [6.45, 7) is -0.442. The summed E-state index contributed by atoms with van der Waals surface area (Å²) in [5, 5.41) is 0. The van der Waals surface area contributed by atoms with Crippen molar-refractivity contribution in [1.29, 1.82) is 0 Å². The van der Waals surface area contributed by atoms with E-state index in [-0.39, 0.29) is 16.2 Å². The molecule has 31 heavy (non-hydrogen) atoms. The molecule has 0 aliphatic rings. The van der Waals surface area contributed by atoms with Gasteiger partial charge < -0.3 is 9.47 Å². The number of ketones is 1. The zero-order chi connectivity index (χ0) is 22.4. The summed E-state index contributed by atoms with van der Waals surface area (Å²) in [7, 11) is -0.841.